The van der Waals surface area contributed by atoms with Crippen LogP contribution in [0.3, 0.4) is 0 Å². The molecule has 10 heteroatoms. The van der Waals surface area contributed by atoms with Crippen LogP contribution in [0.25, 0.3) is 0 Å². The Morgan fingerprint density at radius 1 is 0.635 bits per heavy atom. The van der Waals surface area contributed by atoms with E-state index in [9.17, 15) is 9.59 Å². The predicted octanol–water partition coefficient (Wildman–Crippen LogP) is 9.84. The molecule has 1 amide bonds. The lowest BCUT2D eigenvalue weighted by Crippen LogP contribution is -2.62. The van der Waals surface area contributed by atoms with Gasteiger partial charge in [0.2, 0.25) is 0 Å². The van der Waals surface area contributed by atoms with Crippen molar-refractivity contribution in [2.24, 2.45) is 0 Å². The van der Waals surface area contributed by atoms with E-state index in [1.54, 1.807) is 0 Å². The maximum Gasteiger partial charge on any atom is 0.408 e. The van der Waals surface area contributed by atoms with Crippen molar-refractivity contribution in [1.29, 1.82) is 0 Å². The number of alkyl carbamates (subject to hydrolysis) is 1. The van der Waals surface area contributed by atoms with E-state index in [4.69, 9.17) is 23.1 Å². The van der Waals surface area contributed by atoms with Gasteiger partial charge in [-0.2, -0.15) is 0 Å². The summed E-state index contributed by atoms with van der Waals surface area (Å²) in [6, 6.07) is 29.1. The average molecular weight is 750 g/mol. The van der Waals surface area contributed by atoms with E-state index in [-0.39, 0.29) is 16.7 Å². The normalized spacial score (nSPS) is 15.0. The molecule has 3 rings (SSSR count). The maximum absolute atomic E-state index is 14.0. The molecule has 0 bridgehead atoms. The zero-order valence-electron chi connectivity index (χ0n) is 34.0. The lowest BCUT2D eigenvalue weighted by Gasteiger charge is -2.46. The molecule has 3 aromatic rings. The van der Waals surface area contributed by atoms with Crippen molar-refractivity contribution in [2.75, 3.05) is 13.7 Å². The minimum Gasteiger partial charge on any atom is -0.467 e. The SMILES string of the molecule is COC(=O)[C@H](O[Si](C)(C)C(C)(C)C)[C@@H](O[Si](C)(C)C(C)(C)C)[C@@H](COC(c1ccccc1)(c1ccccc1)c1ccccc1)NC(=O)OC(C)(C)C. The number of benzene rings is 3. The third-order valence-electron chi connectivity index (χ3n) is 10.3. The molecule has 0 spiro atoms. The van der Waals surface area contributed by atoms with E-state index in [2.05, 4.69) is 73.0 Å². The minimum absolute atomic E-state index is 0.0778. The van der Waals surface area contributed by atoms with Gasteiger partial charge in [0.25, 0.3) is 0 Å². The van der Waals surface area contributed by atoms with Gasteiger partial charge in [0.15, 0.2) is 22.7 Å². The first-order valence-corrected chi connectivity index (χ1v) is 24.0. The molecule has 0 aliphatic heterocycles. The van der Waals surface area contributed by atoms with E-state index in [0.29, 0.717) is 0 Å². The molecule has 0 unspecified atom stereocenters. The Kier molecular flexibility index (Phi) is 13.9. The number of rotatable bonds is 14. The Balaban J connectivity index is 2.35. The smallest absolute Gasteiger partial charge is 0.408 e. The van der Waals surface area contributed by atoms with Crippen molar-refractivity contribution in [3.63, 3.8) is 0 Å². The number of hydrogen-bond acceptors (Lipinski definition) is 7. The number of methoxy groups -OCH3 is 1. The molecule has 3 aromatic carbocycles. The second kappa shape index (κ2) is 16.8. The first kappa shape index (κ1) is 43.1. The lowest BCUT2D eigenvalue weighted by atomic mass is 9.80. The molecule has 0 saturated heterocycles. The number of esters is 1. The van der Waals surface area contributed by atoms with Gasteiger partial charge in [-0.1, -0.05) is 133 Å². The van der Waals surface area contributed by atoms with E-state index >= 15 is 0 Å². The van der Waals surface area contributed by atoms with Crippen molar-refractivity contribution in [3.8, 4) is 0 Å². The molecular formula is C42H63NO7Si2. The molecule has 3 atom stereocenters. The van der Waals surface area contributed by atoms with Gasteiger partial charge in [-0.05, 0) is 73.7 Å². The summed E-state index contributed by atoms with van der Waals surface area (Å²) in [6.07, 6.45) is -2.84. The quantitative estimate of drug-likeness (QED) is 0.0997. The maximum atomic E-state index is 14.0. The van der Waals surface area contributed by atoms with E-state index < -0.39 is 58.1 Å². The van der Waals surface area contributed by atoms with Crippen LogP contribution < -0.4 is 5.32 Å². The Hall–Kier alpha value is -3.29. The van der Waals surface area contributed by atoms with Gasteiger partial charge >= 0.3 is 12.1 Å². The van der Waals surface area contributed by atoms with Crippen LogP contribution in [0, 0.1) is 0 Å². The average Bonchev–Trinajstić information content (AvgIpc) is 3.05. The number of carbonyl (C=O) groups is 2. The van der Waals surface area contributed by atoms with Crippen LogP contribution in [0.15, 0.2) is 91.0 Å². The summed E-state index contributed by atoms with van der Waals surface area (Å²) >= 11 is 0. The van der Waals surface area contributed by atoms with Crippen LogP contribution in [0.2, 0.25) is 36.3 Å². The van der Waals surface area contributed by atoms with Crippen LogP contribution in [-0.4, -0.2) is 66.3 Å². The molecule has 0 heterocycles. The van der Waals surface area contributed by atoms with Crippen LogP contribution in [0.1, 0.15) is 79.0 Å². The Morgan fingerprint density at radius 2 is 1.02 bits per heavy atom. The summed E-state index contributed by atoms with van der Waals surface area (Å²) in [4.78, 5) is 27.8. The zero-order chi connectivity index (χ0) is 39.2. The van der Waals surface area contributed by atoms with E-state index in [1.807, 2.05) is 112 Å². The van der Waals surface area contributed by atoms with Crippen molar-refractivity contribution < 1.29 is 32.7 Å². The predicted molar refractivity (Wildman–Crippen MR) is 214 cm³/mol. The van der Waals surface area contributed by atoms with Crippen LogP contribution >= 0.6 is 0 Å². The molecule has 52 heavy (non-hydrogen) atoms. The molecule has 8 nitrogen and oxygen atoms in total. The molecule has 0 radical (unpaired) electrons. The Morgan fingerprint density at radius 3 is 1.37 bits per heavy atom. The minimum atomic E-state index is -2.66. The van der Waals surface area contributed by atoms with Crippen molar-refractivity contribution >= 4 is 28.7 Å². The molecule has 0 aromatic heterocycles. The number of ether oxygens (including phenoxy) is 3. The highest BCUT2D eigenvalue weighted by Gasteiger charge is 2.51. The van der Waals surface area contributed by atoms with Crippen LogP contribution in [0.4, 0.5) is 4.79 Å². The molecule has 286 valence electrons. The summed E-state index contributed by atoms with van der Waals surface area (Å²) in [5, 5.41) is 2.61. The van der Waals surface area contributed by atoms with Crippen molar-refractivity contribution in [1.82, 2.24) is 5.32 Å². The van der Waals surface area contributed by atoms with Gasteiger partial charge in [-0.25, -0.2) is 9.59 Å². The topological polar surface area (TPSA) is 92.3 Å². The van der Waals surface area contributed by atoms with Gasteiger partial charge in [-0.3, -0.25) is 0 Å². The molecular weight excluding hydrogens is 687 g/mol. The summed E-state index contributed by atoms with van der Waals surface area (Å²) < 4.78 is 32.7. The third-order valence-corrected chi connectivity index (χ3v) is 19.2. The standard InChI is InChI=1S/C42H63NO7Si2/c1-39(2,3)48-38(45)43-34(35(49-51(11,12)40(4,5)6)36(37(44)46-10)50-52(13,14)41(7,8)9)30-47-42(31-24-18-15-19-25-31,32-26-20-16-21-27-32)33-28-22-17-23-29-33/h15-29,34-36H,30H2,1-14H3,(H,43,45)/t34-,35+,36-/m1/s1. The largest absolute Gasteiger partial charge is 0.467 e. The van der Waals surface area contributed by atoms with Crippen molar-refractivity contribution in [2.45, 2.75) is 128 Å². The lowest BCUT2D eigenvalue weighted by molar-refractivity contribution is -0.156. The van der Waals surface area contributed by atoms with E-state index in [1.165, 1.54) is 7.11 Å². The first-order valence-electron chi connectivity index (χ1n) is 18.2. The van der Waals surface area contributed by atoms with Gasteiger partial charge in [0.05, 0.1) is 19.8 Å². The highest BCUT2D eigenvalue weighted by Crippen LogP contribution is 2.43. The molecule has 0 aliphatic rings. The summed E-state index contributed by atoms with van der Waals surface area (Å²) in [5.41, 5.74) is 0.791. The second-order valence-electron chi connectivity index (χ2n) is 17.5. The molecule has 0 fully saturated rings. The monoisotopic (exact) mass is 749 g/mol. The molecule has 1 N–H and O–H groups in total. The Bertz CT molecular complexity index is 1480. The van der Waals surface area contributed by atoms with E-state index in [0.717, 1.165) is 16.7 Å². The summed E-state index contributed by atoms with van der Waals surface area (Å²) in [5.74, 6) is -0.579. The molecule has 0 saturated carbocycles. The third kappa shape index (κ3) is 10.7. The molecule has 0 aliphatic carbocycles. The summed E-state index contributed by atoms with van der Waals surface area (Å²) in [6.45, 7) is 26.5. The fourth-order valence-corrected chi connectivity index (χ4v) is 7.93. The fourth-order valence-electron chi connectivity index (χ4n) is 5.39. The van der Waals surface area contributed by atoms with Gasteiger partial charge in [-0.15, -0.1) is 0 Å². The highest BCUT2D eigenvalue weighted by molar-refractivity contribution is 6.74. The number of hydrogen-bond donors (Lipinski definition) is 1. The highest BCUT2D eigenvalue weighted by atomic mass is 28.4. The fraction of sp³-hybridized carbons (Fsp3) is 0.524. The second-order valence-corrected chi connectivity index (χ2v) is 27.0. The zero-order valence-corrected chi connectivity index (χ0v) is 36.0. The van der Waals surface area contributed by atoms with Crippen molar-refractivity contribution in [3.05, 3.63) is 108 Å². The summed E-state index contributed by atoms with van der Waals surface area (Å²) in [7, 11) is -3.93. The van der Waals surface area contributed by atoms with Crippen LogP contribution in [-0.2, 0) is 33.5 Å². The number of nitrogens with one attached hydrogen (secondary N) is 1. The Labute approximate surface area is 315 Å². The van der Waals surface area contributed by atoms with Gasteiger partial charge < -0.3 is 28.4 Å². The van der Waals surface area contributed by atoms with Gasteiger partial charge in [0.1, 0.15) is 17.3 Å². The van der Waals surface area contributed by atoms with Crippen LogP contribution in [0.5, 0.6) is 0 Å². The number of amides is 1. The first-order chi connectivity index (χ1) is 23.9. The number of carbonyl (C=O) groups excluding carboxylic acids is 2. The van der Waals surface area contributed by atoms with Gasteiger partial charge in [0, 0.05) is 0 Å².